The molecule has 0 bridgehead atoms. The van der Waals surface area contributed by atoms with Crippen LogP contribution < -0.4 is 0 Å². The molecule has 0 radical (unpaired) electrons. The lowest BCUT2D eigenvalue weighted by atomic mass is 9.95. The first kappa shape index (κ1) is 23.9. The Bertz CT molecular complexity index is 1340. The Balaban J connectivity index is 1.67. The zero-order chi connectivity index (χ0) is 24.4. The minimum Gasteiger partial charge on any atom is -0.206 e. The number of benzene rings is 4. The zero-order valence-corrected chi connectivity index (χ0v) is 18.5. The Morgan fingerprint density at radius 1 is 0.588 bits per heavy atom. The maximum Gasteiger partial charge on any atom is 0.195 e. The molecule has 0 saturated carbocycles. The molecule has 4 aromatic rings. The number of aryl methyl sites for hydroxylation is 1. The molecule has 0 saturated heterocycles. The van der Waals surface area contributed by atoms with Crippen LogP contribution in [0.5, 0.6) is 0 Å². The van der Waals surface area contributed by atoms with Gasteiger partial charge in [0.2, 0.25) is 0 Å². The molecule has 0 heterocycles. The molecule has 0 fully saturated rings. The van der Waals surface area contributed by atoms with E-state index in [0.717, 1.165) is 61.9 Å². The van der Waals surface area contributed by atoms with Gasteiger partial charge in [0.05, 0.1) is 5.56 Å². The number of unbranched alkanes of at least 4 members (excludes halogenated alkanes) is 3. The molecule has 0 atom stereocenters. The predicted molar refractivity (Wildman–Crippen MR) is 122 cm³/mol. The maximum atomic E-state index is 15.0. The standard InChI is InChI=1S/C28H22F6/c1-2-3-4-5-6-16-7-9-20(22(29)11-16)19-13-23(30)26(24(31)14-19)17-8-10-21-18(12-17)15-25(32)28(34)27(21)33/h7-15H,2-6H2,1H3. The third kappa shape index (κ3) is 4.67. The molecule has 34 heavy (non-hydrogen) atoms. The molecule has 0 aliphatic carbocycles. The predicted octanol–water partition coefficient (Wildman–Crippen LogP) is 9.13. The van der Waals surface area contributed by atoms with Crippen molar-refractivity contribution >= 4 is 10.8 Å². The molecule has 0 N–H and O–H groups in total. The van der Waals surface area contributed by atoms with Crippen molar-refractivity contribution < 1.29 is 26.3 Å². The summed E-state index contributed by atoms with van der Waals surface area (Å²) in [5.41, 5.74) is 0.515. The van der Waals surface area contributed by atoms with Gasteiger partial charge >= 0.3 is 0 Å². The summed E-state index contributed by atoms with van der Waals surface area (Å²) in [6.07, 6.45) is 4.94. The maximum absolute atomic E-state index is 15.0. The summed E-state index contributed by atoms with van der Waals surface area (Å²) < 4.78 is 85.7. The van der Waals surface area contributed by atoms with Crippen LogP contribution in [0.3, 0.4) is 0 Å². The van der Waals surface area contributed by atoms with Gasteiger partial charge in [0, 0.05) is 10.9 Å². The van der Waals surface area contributed by atoms with E-state index < -0.39 is 40.5 Å². The molecule has 176 valence electrons. The highest BCUT2D eigenvalue weighted by Gasteiger charge is 2.19. The van der Waals surface area contributed by atoms with E-state index >= 15 is 0 Å². The average molecular weight is 472 g/mol. The van der Waals surface area contributed by atoms with Crippen molar-refractivity contribution in [3.63, 3.8) is 0 Å². The number of rotatable bonds is 7. The van der Waals surface area contributed by atoms with Crippen molar-refractivity contribution in [1.82, 2.24) is 0 Å². The SMILES string of the molecule is CCCCCCc1ccc(-c2cc(F)c(-c3ccc4c(F)c(F)c(F)cc4c3)c(F)c2)c(F)c1. The van der Waals surface area contributed by atoms with Gasteiger partial charge in [-0.15, -0.1) is 0 Å². The molecular formula is C28H22F6. The van der Waals surface area contributed by atoms with Crippen LogP contribution in [0.15, 0.2) is 54.6 Å². The van der Waals surface area contributed by atoms with Gasteiger partial charge in [-0.25, -0.2) is 26.3 Å². The van der Waals surface area contributed by atoms with Crippen LogP contribution in [0.2, 0.25) is 0 Å². The summed E-state index contributed by atoms with van der Waals surface area (Å²) in [6, 6.07) is 11.0. The third-order valence-corrected chi connectivity index (χ3v) is 5.97. The summed E-state index contributed by atoms with van der Waals surface area (Å²) in [5, 5.41) is -0.255. The van der Waals surface area contributed by atoms with Crippen LogP contribution in [0.25, 0.3) is 33.0 Å². The van der Waals surface area contributed by atoms with E-state index in [-0.39, 0.29) is 27.5 Å². The minimum absolute atomic E-state index is 0.0161. The fraction of sp³-hybridized carbons (Fsp3) is 0.214. The van der Waals surface area contributed by atoms with E-state index in [9.17, 15) is 26.3 Å². The molecular weight excluding hydrogens is 450 g/mol. The van der Waals surface area contributed by atoms with E-state index in [4.69, 9.17) is 0 Å². The van der Waals surface area contributed by atoms with Crippen LogP contribution in [-0.4, -0.2) is 0 Å². The quantitative estimate of drug-likeness (QED) is 0.143. The van der Waals surface area contributed by atoms with Crippen molar-refractivity contribution in [1.29, 1.82) is 0 Å². The topological polar surface area (TPSA) is 0 Å². The second-order valence-electron chi connectivity index (χ2n) is 8.36. The highest BCUT2D eigenvalue weighted by Crippen LogP contribution is 2.35. The lowest BCUT2D eigenvalue weighted by molar-refractivity contribution is 0.453. The lowest BCUT2D eigenvalue weighted by Crippen LogP contribution is -1.96. The smallest absolute Gasteiger partial charge is 0.195 e. The van der Waals surface area contributed by atoms with Gasteiger partial charge in [0.25, 0.3) is 0 Å². The normalized spacial score (nSPS) is 11.4. The number of halogens is 6. The first-order valence-corrected chi connectivity index (χ1v) is 11.2. The lowest BCUT2D eigenvalue weighted by Gasteiger charge is -2.12. The number of hydrogen-bond acceptors (Lipinski definition) is 0. The third-order valence-electron chi connectivity index (χ3n) is 5.97. The Morgan fingerprint density at radius 2 is 1.32 bits per heavy atom. The van der Waals surface area contributed by atoms with Gasteiger partial charge in [0.1, 0.15) is 17.5 Å². The molecule has 0 nitrogen and oxygen atoms in total. The van der Waals surface area contributed by atoms with Crippen molar-refractivity contribution in [3.05, 3.63) is 95.1 Å². The van der Waals surface area contributed by atoms with E-state index in [2.05, 4.69) is 6.92 Å². The van der Waals surface area contributed by atoms with Crippen molar-refractivity contribution in [2.24, 2.45) is 0 Å². The van der Waals surface area contributed by atoms with Gasteiger partial charge in [-0.05, 0) is 65.3 Å². The average Bonchev–Trinajstić information content (AvgIpc) is 2.80. The summed E-state index contributed by atoms with van der Waals surface area (Å²) in [7, 11) is 0. The van der Waals surface area contributed by atoms with Crippen molar-refractivity contribution in [2.45, 2.75) is 39.0 Å². The Kier molecular flexibility index (Phi) is 6.96. The molecule has 6 heteroatoms. The Morgan fingerprint density at radius 3 is 2.00 bits per heavy atom. The first-order valence-electron chi connectivity index (χ1n) is 11.2. The summed E-state index contributed by atoms with van der Waals surface area (Å²) in [6.45, 7) is 2.11. The van der Waals surface area contributed by atoms with Gasteiger partial charge in [0.15, 0.2) is 17.5 Å². The summed E-state index contributed by atoms with van der Waals surface area (Å²) >= 11 is 0. The van der Waals surface area contributed by atoms with Crippen LogP contribution in [0, 0.1) is 34.9 Å². The van der Waals surface area contributed by atoms with Crippen molar-refractivity contribution in [2.75, 3.05) is 0 Å². The molecule has 0 unspecified atom stereocenters. The fourth-order valence-electron chi connectivity index (χ4n) is 4.17. The highest BCUT2D eigenvalue weighted by molar-refractivity contribution is 5.88. The zero-order valence-electron chi connectivity index (χ0n) is 18.5. The van der Waals surface area contributed by atoms with E-state index in [0.29, 0.717) is 0 Å². The van der Waals surface area contributed by atoms with Crippen molar-refractivity contribution in [3.8, 4) is 22.3 Å². The van der Waals surface area contributed by atoms with Gasteiger partial charge < -0.3 is 0 Å². The molecule has 0 aliphatic rings. The monoisotopic (exact) mass is 472 g/mol. The van der Waals surface area contributed by atoms with Crippen LogP contribution in [-0.2, 0) is 6.42 Å². The van der Waals surface area contributed by atoms with Gasteiger partial charge in [-0.2, -0.15) is 0 Å². The molecule has 4 rings (SSSR count). The molecule has 4 aromatic carbocycles. The largest absolute Gasteiger partial charge is 0.206 e. The second kappa shape index (κ2) is 9.92. The summed E-state index contributed by atoms with van der Waals surface area (Å²) in [5.74, 6) is -6.88. The van der Waals surface area contributed by atoms with Crippen LogP contribution >= 0.6 is 0 Å². The van der Waals surface area contributed by atoms with E-state index in [1.807, 2.05) is 0 Å². The molecule has 0 aromatic heterocycles. The molecule has 0 spiro atoms. The minimum atomic E-state index is -1.61. The van der Waals surface area contributed by atoms with Gasteiger partial charge in [-0.1, -0.05) is 50.5 Å². The number of fused-ring (bicyclic) bond motifs is 1. The number of hydrogen-bond donors (Lipinski definition) is 0. The Hall–Kier alpha value is -3.28. The van der Waals surface area contributed by atoms with Gasteiger partial charge in [-0.3, -0.25) is 0 Å². The summed E-state index contributed by atoms with van der Waals surface area (Å²) in [4.78, 5) is 0. The van der Waals surface area contributed by atoms with E-state index in [1.165, 1.54) is 24.3 Å². The highest BCUT2D eigenvalue weighted by atomic mass is 19.2. The Labute approximate surface area is 193 Å². The molecule has 0 amide bonds. The van der Waals surface area contributed by atoms with Crippen LogP contribution in [0.4, 0.5) is 26.3 Å². The van der Waals surface area contributed by atoms with E-state index in [1.54, 1.807) is 6.07 Å². The fourth-order valence-corrected chi connectivity index (χ4v) is 4.17. The first-order chi connectivity index (χ1) is 16.3. The van der Waals surface area contributed by atoms with Crippen LogP contribution in [0.1, 0.15) is 38.2 Å². The second-order valence-corrected chi connectivity index (χ2v) is 8.36. The molecule has 0 aliphatic heterocycles.